The van der Waals surface area contributed by atoms with Gasteiger partial charge in [-0.25, -0.2) is 4.79 Å². The fourth-order valence-corrected chi connectivity index (χ4v) is 1.31. The van der Waals surface area contributed by atoms with Gasteiger partial charge >= 0.3 is 5.97 Å². The molecule has 1 aromatic heterocycles. The summed E-state index contributed by atoms with van der Waals surface area (Å²) < 4.78 is 0. The highest BCUT2D eigenvalue weighted by Gasteiger charge is 2.07. The van der Waals surface area contributed by atoms with Gasteiger partial charge in [0.2, 0.25) is 0 Å². The fourth-order valence-electron chi connectivity index (χ4n) is 1.11. The van der Waals surface area contributed by atoms with Crippen molar-refractivity contribution in [2.75, 3.05) is 0 Å². The lowest BCUT2D eigenvalue weighted by molar-refractivity contribution is 0.0697. The van der Waals surface area contributed by atoms with Gasteiger partial charge in [-0.2, -0.15) is 5.10 Å². The second-order valence-corrected chi connectivity index (χ2v) is 2.95. The quantitative estimate of drug-likeness (QED) is 0.732. The highest BCUT2D eigenvalue weighted by atomic mass is 35.5. The number of aromatic amines is 1. The van der Waals surface area contributed by atoms with Gasteiger partial charge in [-0.05, 0) is 18.2 Å². The maximum atomic E-state index is 10.6. The van der Waals surface area contributed by atoms with Crippen molar-refractivity contribution in [3.63, 3.8) is 0 Å². The maximum absolute atomic E-state index is 10.6. The topological polar surface area (TPSA) is 66.0 Å². The van der Waals surface area contributed by atoms with Gasteiger partial charge in [-0.15, -0.1) is 0 Å². The largest absolute Gasteiger partial charge is 0.478 e. The Morgan fingerprint density at radius 1 is 1.54 bits per heavy atom. The molecular weight excluding hydrogens is 192 g/mol. The van der Waals surface area contributed by atoms with Gasteiger partial charge in [0, 0.05) is 5.39 Å². The number of hydrogen-bond donors (Lipinski definition) is 2. The van der Waals surface area contributed by atoms with Crippen LogP contribution in [0, 0.1) is 0 Å². The lowest BCUT2D eigenvalue weighted by Crippen LogP contribution is -1.94. The lowest BCUT2D eigenvalue weighted by atomic mass is 10.2. The van der Waals surface area contributed by atoms with E-state index in [9.17, 15) is 4.79 Å². The van der Waals surface area contributed by atoms with Crippen molar-refractivity contribution in [1.29, 1.82) is 0 Å². The number of rotatable bonds is 1. The molecule has 0 aliphatic heterocycles. The average molecular weight is 197 g/mol. The minimum atomic E-state index is -0.973. The predicted molar refractivity (Wildman–Crippen MR) is 48.1 cm³/mol. The zero-order valence-electron chi connectivity index (χ0n) is 6.41. The SMILES string of the molecule is O=C(O)c1ccc2n[nH]c(Cl)c2c1. The number of H-pyrrole nitrogens is 1. The Morgan fingerprint density at radius 3 is 3.00 bits per heavy atom. The number of benzene rings is 1. The van der Waals surface area contributed by atoms with E-state index in [1.165, 1.54) is 12.1 Å². The van der Waals surface area contributed by atoms with Crippen LogP contribution < -0.4 is 0 Å². The summed E-state index contributed by atoms with van der Waals surface area (Å²) >= 11 is 5.74. The van der Waals surface area contributed by atoms with Crippen LogP contribution in [0.4, 0.5) is 0 Å². The number of hydrogen-bond acceptors (Lipinski definition) is 2. The van der Waals surface area contributed by atoms with E-state index in [1.807, 2.05) is 0 Å². The second kappa shape index (κ2) is 2.74. The summed E-state index contributed by atoms with van der Waals surface area (Å²) in [4.78, 5) is 10.6. The first kappa shape index (κ1) is 8.07. The normalized spacial score (nSPS) is 10.5. The minimum Gasteiger partial charge on any atom is -0.478 e. The number of fused-ring (bicyclic) bond motifs is 1. The van der Waals surface area contributed by atoms with Gasteiger partial charge in [0.05, 0.1) is 11.1 Å². The van der Waals surface area contributed by atoms with E-state index < -0.39 is 5.97 Å². The first-order valence-electron chi connectivity index (χ1n) is 3.55. The minimum absolute atomic E-state index is 0.204. The predicted octanol–water partition coefficient (Wildman–Crippen LogP) is 1.91. The molecule has 4 nitrogen and oxygen atoms in total. The third-order valence-corrected chi connectivity index (χ3v) is 2.04. The van der Waals surface area contributed by atoms with E-state index in [1.54, 1.807) is 6.07 Å². The summed E-state index contributed by atoms with van der Waals surface area (Å²) in [6, 6.07) is 4.59. The van der Waals surface area contributed by atoms with Crippen LogP contribution in [0.15, 0.2) is 18.2 Å². The zero-order valence-corrected chi connectivity index (χ0v) is 7.17. The van der Waals surface area contributed by atoms with Crippen molar-refractivity contribution in [3.05, 3.63) is 28.9 Å². The maximum Gasteiger partial charge on any atom is 0.335 e. The molecule has 2 aromatic rings. The molecule has 2 N–H and O–H groups in total. The Hall–Kier alpha value is -1.55. The molecule has 5 heteroatoms. The van der Waals surface area contributed by atoms with E-state index in [0.717, 1.165) is 0 Å². The molecule has 1 heterocycles. The molecule has 0 aliphatic rings. The van der Waals surface area contributed by atoms with Crippen molar-refractivity contribution in [1.82, 2.24) is 10.2 Å². The van der Waals surface area contributed by atoms with Crippen molar-refractivity contribution in [2.45, 2.75) is 0 Å². The first-order valence-corrected chi connectivity index (χ1v) is 3.93. The number of aromatic carboxylic acids is 1. The van der Waals surface area contributed by atoms with Crippen LogP contribution in [0.1, 0.15) is 10.4 Å². The third kappa shape index (κ3) is 1.25. The smallest absolute Gasteiger partial charge is 0.335 e. The molecule has 0 aliphatic carbocycles. The number of nitrogens with one attached hydrogen (secondary N) is 1. The molecule has 66 valence electrons. The second-order valence-electron chi connectivity index (χ2n) is 2.57. The van der Waals surface area contributed by atoms with E-state index >= 15 is 0 Å². The third-order valence-electron chi connectivity index (χ3n) is 1.75. The molecule has 0 saturated carbocycles. The molecular formula is C8H5ClN2O2. The Morgan fingerprint density at radius 2 is 2.31 bits per heavy atom. The van der Waals surface area contributed by atoms with Gasteiger partial charge in [0.15, 0.2) is 0 Å². The molecule has 0 bridgehead atoms. The van der Waals surface area contributed by atoms with Crippen molar-refractivity contribution in [2.24, 2.45) is 0 Å². The van der Waals surface area contributed by atoms with Gasteiger partial charge in [-0.3, -0.25) is 5.10 Å². The summed E-state index contributed by atoms with van der Waals surface area (Å²) in [7, 11) is 0. The van der Waals surface area contributed by atoms with Crippen LogP contribution in [0.2, 0.25) is 5.15 Å². The summed E-state index contributed by atoms with van der Waals surface area (Å²) in [6.07, 6.45) is 0. The highest BCUT2D eigenvalue weighted by Crippen LogP contribution is 2.21. The fraction of sp³-hybridized carbons (Fsp3) is 0. The van der Waals surface area contributed by atoms with Gasteiger partial charge in [0.1, 0.15) is 5.15 Å². The number of carbonyl (C=O) groups is 1. The number of aromatic nitrogens is 2. The van der Waals surface area contributed by atoms with Crippen molar-refractivity contribution in [3.8, 4) is 0 Å². The molecule has 0 fully saturated rings. The van der Waals surface area contributed by atoms with Crippen LogP contribution >= 0.6 is 11.6 Å². The number of halogens is 1. The van der Waals surface area contributed by atoms with Crippen LogP contribution in [-0.2, 0) is 0 Å². The number of nitrogens with zero attached hydrogens (tertiary/aromatic N) is 1. The molecule has 0 spiro atoms. The first-order chi connectivity index (χ1) is 6.18. The van der Waals surface area contributed by atoms with Crippen LogP contribution in [0.25, 0.3) is 10.9 Å². The molecule has 13 heavy (non-hydrogen) atoms. The molecule has 1 aromatic carbocycles. The monoisotopic (exact) mass is 196 g/mol. The molecule has 0 unspecified atom stereocenters. The van der Waals surface area contributed by atoms with Crippen LogP contribution in [0.3, 0.4) is 0 Å². The van der Waals surface area contributed by atoms with Crippen molar-refractivity contribution >= 4 is 28.5 Å². The van der Waals surface area contributed by atoms with Gasteiger partial charge < -0.3 is 5.11 Å². The van der Waals surface area contributed by atoms with Crippen LogP contribution in [-0.4, -0.2) is 21.3 Å². The average Bonchev–Trinajstić information content (AvgIpc) is 2.47. The molecule has 0 saturated heterocycles. The van der Waals surface area contributed by atoms with E-state index in [0.29, 0.717) is 16.1 Å². The van der Waals surface area contributed by atoms with E-state index in [4.69, 9.17) is 16.7 Å². The molecule has 0 radical (unpaired) electrons. The Balaban J connectivity index is 2.72. The van der Waals surface area contributed by atoms with Gasteiger partial charge in [0.25, 0.3) is 0 Å². The number of carboxylic acid groups (broad SMARTS) is 1. The Kier molecular flexibility index (Phi) is 1.70. The molecule has 0 amide bonds. The van der Waals surface area contributed by atoms with Crippen molar-refractivity contribution < 1.29 is 9.90 Å². The summed E-state index contributed by atoms with van der Waals surface area (Å²) in [5.74, 6) is -0.973. The standard InChI is InChI=1S/C8H5ClN2O2/c9-7-5-3-4(8(12)13)1-2-6(5)10-11-7/h1-3H,(H,10,11)(H,12,13). The summed E-state index contributed by atoms with van der Waals surface area (Å²) in [5, 5.41) is 16.1. The molecule has 2 rings (SSSR count). The Bertz CT molecular complexity index is 478. The van der Waals surface area contributed by atoms with E-state index in [2.05, 4.69) is 10.2 Å². The number of carboxylic acids is 1. The Labute approximate surface area is 78.1 Å². The van der Waals surface area contributed by atoms with E-state index in [-0.39, 0.29) is 5.56 Å². The van der Waals surface area contributed by atoms with Crippen LogP contribution in [0.5, 0.6) is 0 Å². The zero-order chi connectivity index (χ0) is 9.42. The molecule has 0 atom stereocenters. The lowest BCUT2D eigenvalue weighted by Gasteiger charge is -1.92. The summed E-state index contributed by atoms with van der Waals surface area (Å²) in [5.41, 5.74) is 0.866. The summed E-state index contributed by atoms with van der Waals surface area (Å²) in [6.45, 7) is 0. The van der Waals surface area contributed by atoms with Gasteiger partial charge in [-0.1, -0.05) is 11.6 Å². The highest BCUT2D eigenvalue weighted by molar-refractivity contribution is 6.34.